The number of nitrogens with one attached hydrogen (secondary N) is 1. The van der Waals surface area contributed by atoms with Crippen molar-refractivity contribution >= 4 is 21.6 Å². The zero-order valence-electron chi connectivity index (χ0n) is 21.0. The molecular weight excluding hydrogens is 456 g/mol. The minimum absolute atomic E-state index is 0.166. The third kappa shape index (κ3) is 5.43. The molecule has 0 aromatic heterocycles. The molecule has 0 saturated carbocycles. The molecule has 3 aromatic carbocycles. The van der Waals surface area contributed by atoms with Crippen LogP contribution in [0.1, 0.15) is 59.2 Å². The minimum atomic E-state index is -3.95. The van der Waals surface area contributed by atoms with Gasteiger partial charge in [0.2, 0.25) is 5.91 Å². The highest BCUT2D eigenvalue weighted by Crippen LogP contribution is 2.29. The average molecular weight is 491 g/mol. The predicted octanol–water partition coefficient (Wildman–Crippen LogP) is 5.56. The van der Waals surface area contributed by atoms with Crippen molar-refractivity contribution in [1.82, 2.24) is 5.32 Å². The third-order valence-electron chi connectivity index (χ3n) is 6.99. The van der Waals surface area contributed by atoms with Gasteiger partial charge in [0, 0.05) is 0 Å². The SMILES string of the molecule is Cc1ccc(S(=O)(=O)N(CC(=O)N[C@@H](C)c2ccc3c(c2)CCCC3)c2cccc(C)c2C)cc1. The van der Waals surface area contributed by atoms with Crippen molar-refractivity contribution in [3.05, 3.63) is 94.0 Å². The van der Waals surface area contributed by atoms with Crippen LogP contribution in [0, 0.1) is 20.8 Å². The summed E-state index contributed by atoms with van der Waals surface area (Å²) in [4.78, 5) is 13.4. The van der Waals surface area contributed by atoms with Crippen LogP contribution in [-0.2, 0) is 27.7 Å². The fourth-order valence-electron chi connectivity index (χ4n) is 4.67. The van der Waals surface area contributed by atoms with Crippen LogP contribution in [0.5, 0.6) is 0 Å². The first kappa shape index (κ1) is 25.0. The molecule has 1 N–H and O–H groups in total. The molecule has 0 bridgehead atoms. The number of carbonyl (C=O) groups is 1. The van der Waals surface area contributed by atoms with Crippen LogP contribution in [-0.4, -0.2) is 20.9 Å². The van der Waals surface area contributed by atoms with Crippen molar-refractivity contribution in [2.75, 3.05) is 10.8 Å². The first-order valence-corrected chi connectivity index (χ1v) is 13.7. The first-order valence-electron chi connectivity index (χ1n) is 12.2. The summed E-state index contributed by atoms with van der Waals surface area (Å²) in [6, 6.07) is 18.4. The Morgan fingerprint density at radius 1 is 0.943 bits per heavy atom. The zero-order chi connectivity index (χ0) is 25.2. The summed E-state index contributed by atoms with van der Waals surface area (Å²) in [7, 11) is -3.95. The van der Waals surface area contributed by atoms with Crippen molar-refractivity contribution < 1.29 is 13.2 Å². The Hall–Kier alpha value is -3.12. The van der Waals surface area contributed by atoms with Gasteiger partial charge in [-0.05, 0) is 99.4 Å². The number of hydrogen-bond donors (Lipinski definition) is 1. The van der Waals surface area contributed by atoms with E-state index in [9.17, 15) is 13.2 Å². The molecule has 3 aromatic rings. The number of nitrogens with zero attached hydrogens (tertiary/aromatic N) is 1. The average Bonchev–Trinajstić information content (AvgIpc) is 2.84. The maximum atomic E-state index is 13.7. The highest BCUT2D eigenvalue weighted by atomic mass is 32.2. The molecule has 0 radical (unpaired) electrons. The summed E-state index contributed by atoms with van der Waals surface area (Å²) < 4.78 is 28.6. The van der Waals surface area contributed by atoms with Crippen molar-refractivity contribution in [3.63, 3.8) is 0 Å². The van der Waals surface area contributed by atoms with Crippen LogP contribution in [0.25, 0.3) is 0 Å². The molecule has 1 atom stereocenters. The molecule has 0 saturated heterocycles. The van der Waals surface area contributed by atoms with Crippen LogP contribution in [0.2, 0.25) is 0 Å². The quantitative estimate of drug-likeness (QED) is 0.471. The summed E-state index contributed by atoms with van der Waals surface area (Å²) in [5.41, 5.74) is 7.07. The Balaban J connectivity index is 1.61. The Labute approximate surface area is 209 Å². The van der Waals surface area contributed by atoms with Crippen LogP contribution in [0.15, 0.2) is 65.6 Å². The molecule has 0 fully saturated rings. The lowest BCUT2D eigenvalue weighted by Crippen LogP contribution is -2.42. The number of fused-ring (bicyclic) bond motifs is 1. The van der Waals surface area contributed by atoms with E-state index < -0.39 is 10.0 Å². The molecule has 4 rings (SSSR count). The monoisotopic (exact) mass is 490 g/mol. The zero-order valence-corrected chi connectivity index (χ0v) is 21.8. The van der Waals surface area contributed by atoms with Crippen molar-refractivity contribution in [1.29, 1.82) is 0 Å². The second-order valence-corrected chi connectivity index (χ2v) is 11.4. The van der Waals surface area contributed by atoms with Gasteiger partial charge in [-0.25, -0.2) is 8.42 Å². The smallest absolute Gasteiger partial charge is 0.264 e. The molecule has 0 spiro atoms. The van der Waals surface area contributed by atoms with E-state index in [1.54, 1.807) is 30.3 Å². The van der Waals surface area contributed by atoms with E-state index in [1.807, 2.05) is 39.8 Å². The molecular formula is C29H34N2O3S. The van der Waals surface area contributed by atoms with Gasteiger partial charge in [0.05, 0.1) is 16.6 Å². The number of sulfonamides is 1. The van der Waals surface area contributed by atoms with Crippen LogP contribution in [0.3, 0.4) is 0 Å². The largest absolute Gasteiger partial charge is 0.348 e. The number of benzene rings is 3. The molecule has 0 aliphatic heterocycles. The van der Waals surface area contributed by atoms with Crippen LogP contribution < -0.4 is 9.62 Å². The van der Waals surface area contributed by atoms with Gasteiger partial charge in [-0.2, -0.15) is 0 Å². The topological polar surface area (TPSA) is 66.5 Å². The number of carbonyl (C=O) groups excluding carboxylic acids is 1. The van der Waals surface area contributed by atoms with Gasteiger partial charge in [-0.15, -0.1) is 0 Å². The Bertz CT molecular complexity index is 1330. The maximum absolute atomic E-state index is 13.7. The molecule has 6 heteroatoms. The molecule has 0 unspecified atom stereocenters. The first-order chi connectivity index (χ1) is 16.7. The number of amides is 1. The highest BCUT2D eigenvalue weighted by molar-refractivity contribution is 7.92. The molecule has 35 heavy (non-hydrogen) atoms. The fourth-order valence-corrected chi connectivity index (χ4v) is 6.14. The van der Waals surface area contributed by atoms with Gasteiger partial charge in [0.1, 0.15) is 6.54 Å². The van der Waals surface area contributed by atoms with E-state index in [1.165, 1.54) is 28.3 Å². The Morgan fingerprint density at radius 2 is 1.63 bits per heavy atom. The highest BCUT2D eigenvalue weighted by Gasteiger charge is 2.29. The number of rotatable bonds is 7. The minimum Gasteiger partial charge on any atom is -0.348 e. The van der Waals surface area contributed by atoms with Crippen molar-refractivity contribution in [2.24, 2.45) is 0 Å². The molecule has 0 heterocycles. The predicted molar refractivity (Wildman–Crippen MR) is 141 cm³/mol. The van der Waals surface area contributed by atoms with E-state index in [-0.39, 0.29) is 23.4 Å². The summed E-state index contributed by atoms with van der Waals surface area (Å²) in [6.07, 6.45) is 4.60. The van der Waals surface area contributed by atoms with Gasteiger partial charge in [-0.3, -0.25) is 9.10 Å². The summed E-state index contributed by atoms with van der Waals surface area (Å²) in [6.45, 7) is 7.38. The standard InChI is InChI=1S/C29H34N2O3S/c1-20-12-16-27(17-13-20)35(33,34)31(28-11-7-8-21(2)22(28)3)19-29(32)30-23(4)25-15-14-24-9-5-6-10-26(24)18-25/h7-8,11-18,23H,5-6,9-10,19H2,1-4H3,(H,30,32)/t23-/m0/s1. The van der Waals surface area contributed by atoms with Crippen LogP contribution >= 0.6 is 0 Å². The van der Waals surface area contributed by atoms with Crippen molar-refractivity contribution in [2.45, 2.75) is 64.3 Å². The summed E-state index contributed by atoms with van der Waals surface area (Å²) >= 11 is 0. The van der Waals surface area contributed by atoms with Crippen LogP contribution in [0.4, 0.5) is 5.69 Å². The maximum Gasteiger partial charge on any atom is 0.264 e. The second kappa shape index (κ2) is 10.2. The van der Waals surface area contributed by atoms with E-state index in [4.69, 9.17) is 0 Å². The van der Waals surface area contributed by atoms with E-state index in [2.05, 4.69) is 23.5 Å². The Morgan fingerprint density at radius 3 is 2.34 bits per heavy atom. The number of aryl methyl sites for hydroxylation is 4. The third-order valence-corrected chi connectivity index (χ3v) is 8.76. The van der Waals surface area contributed by atoms with E-state index >= 15 is 0 Å². The summed E-state index contributed by atoms with van der Waals surface area (Å²) in [5, 5.41) is 3.02. The van der Waals surface area contributed by atoms with Gasteiger partial charge in [0.25, 0.3) is 10.0 Å². The fraction of sp³-hybridized carbons (Fsp3) is 0.345. The molecule has 1 aliphatic rings. The summed E-state index contributed by atoms with van der Waals surface area (Å²) in [5.74, 6) is -0.341. The lowest BCUT2D eigenvalue weighted by molar-refractivity contribution is -0.120. The van der Waals surface area contributed by atoms with E-state index in [0.29, 0.717) is 5.69 Å². The van der Waals surface area contributed by atoms with E-state index in [0.717, 1.165) is 35.1 Å². The van der Waals surface area contributed by atoms with Gasteiger partial charge < -0.3 is 5.32 Å². The molecule has 5 nitrogen and oxygen atoms in total. The lowest BCUT2D eigenvalue weighted by atomic mass is 9.89. The normalized spacial score (nSPS) is 14.2. The molecule has 184 valence electrons. The van der Waals surface area contributed by atoms with Crippen molar-refractivity contribution in [3.8, 4) is 0 Å². The second-order valence-electron chi connectivity index (χ2n) is 9.57. The molecule has 1 amide bonds. The van der Waals surface area contributed by atoms with Gasteiger partial charge in [-0.1, -0.05) is 48.0 Å². The van der Waals surface area contributed by atoms with Gasteiger partial charge >= 0.3 is 0 Å². The number of hydrogen-bond acceptors (Lipinski definition) is 3. The molecule has 1 aliphatic carbocycles. The van der Waals surface area contributed by atoms with Gasteiger partial charge in [0.15, 0.2) is 0 Å². The number of anilines is 1. The lowest BCUT2D eigenvalue weighted by Gasteiger charge is -2.27. The Kier molecular flexibility index (Phi) is 7.31.